The van der Waals surface area contributed by atoms with Crippen LogP contribution in [0.5, 0.6) is 0 Å². The lowest BCUT2D eigenvalue weighted by Gasteiger charge is -2.22. The Morgan fingerprint density at radius 2 is 1.54 bits per heavy atom. The molecular weight excluding hydrogens is 360 g/mol. The highest BCUT2D eigenvalue weighted by molar-refractivity contribution is 6.10. The van der Waals surface area contributed by atoms with Gasteiger partial charge in [0.15, 0.2) is 0 Å². The van der Waals surface area contributed by atoms with E-state index < -0.39 is 29.9 Å². The maximum atomic E-state index is 12.8. The van der Waals surface area contributed by atoms with Crippen LogP contribution < -0.4 is 16.0 Å². The van der Waals surface area contributed by atoms with Gasteiger partial charge in [0.1, 0.15) is 12.1 Å². The molecule has 1 heterocycles. The number of nitrogens with one attached hydrogen (secondary N) is 3. The number of amides is 5. The van der Waals surface area contributed by atoms with Crippen molar-refractivity contribution in [3.63, 3.8) is 0 Å². The van der Waals surface area contributed by atoms with Gasteiger partial charge in [0, 0.05) is 18.3 Å². The number of carbonyl (C=O) groups excluding carboxylic acids is 4. The Bertz CT molecular complexity index is 927. The highest BCUT2D eigenvalue weighted by Gasteiger charge is 2.49. The van der Waals surface area contributed by atoms with Crippen LogP contribution in [0, 0.1) is 0 Å². The number of hydrogen-bond donors (Lipinski definition) is 3. The number of urea groups is 1. The van der Waals surface area contributed by atoms with Gasteiger partial charge >= 0.3 is 6.03 Å². The predicted octanol–water partition coefficient (Wildman–Crippen LogP) is 2.05. The van der Waals surface area contributed by atoms with Crippen LogP contribution in [0.4, 0.5) is 16.2 Å². The molecule has 1 aliphatic rings. The van der Waals surface area contributed by atoms with Crippen molar-refractivity contribution >= 4 is 35.1 Å². The molecule has 3 N–H and O–H groups in total. The monoisotopic (exact) mass is 380 g/mol. The summed E-state index contributed by atoms with van der Waals surface area (Å²) in [6.07, 6.45) is 0. The zero-order valence-corrected chi connectivity index (χ0v) is 15.5. The second-order valence-electron chi connectivity index (χ2n) is 6.62. The van der Waals surface area contributed by atoms with Crippen molar-refractivity contribution in [3.05, 3.63) is 60.2 Å². The Labute approximate surface area is 161 Å². The fourth-order valence-corrected chi connectivity index (χ4v) is 2.99. The lowest BCUT2D eigenvalue weighted by molar-refractivity contribution is -0.133. The third-order valence-corrected chi connectivity index (χ3v) is 4.42. The maximum Gasteiger partial charge on any atom is 0.325 e. The summed E-state index contributed by atoms with van der Waals surface area (Å²) in [4.78, 5) is 49.3. The van der Waals surface area contributed by atoms with Gasteiger partial charge in [0.25, 0.3) is 5.91 Å². The van der Waals surface area contributed by atoms with Crippen molar-refractivity contribution in [2.75, 3.05) is 17.2 Å². The number of nitrogens with zero attached hydrogens (tertiary/aromatic N) is 1. The zero-order chi connectivity index (χ0) is 20.3. The largest absolute Gasteiger partial charge is 0.326 e. The van der Waals surface area contributed by atoms with Gasteiger partial charge < -0.3 is 16.0 Å². The third-order valence-electron chi connectivity index (χ3n) is 4.42. The fourth-order valence-electron chi connectivity index (χ4n) is 2.99. The molecule has 0 saturated carbocycles. The predicted molar refractivity (Wildman–Crippen MR) is 103 cm³/mol. The average molecular weight is 380 g/mol. The summed E-state index contributed by atoms with van der Waals surface area (Å²) in [6, 6.07) is 14.8. The minimum Gasteiger partial charge on any atom is -0.326 e. The van der Waals surface area contributed by atoms with E-state index in [1.165, 1.54) is 6.92 Å². The van der Waals surface area contributed by atoms with E-state index in [0.717, 1.165) is 4.90 Å². The standard InChI is InChI=1S/C20H20N4O4/c1-13(25)21-15-8-10-16(11-9-15)22-17(26)12-24-18(27)20(2,23-19(24)28)14-6-4-3-5-7-14/h3-11H,12H2,1-2H3,(H,21,25)(H,22,26)(H,23,28)/t20-/m1/s1. The van der Waals surface area contributed by atoms with E-state index in [1.54, 1.807) is 55.5 Å². The SMILES string of the molecule is CC(=O)Nc1ccc(NC(=O)CN2C(=O)N[C@](C)(c3ccccc3)C2=O)cc1. The molecule has 1 aliphatic heterocycles. The van der Waals surface area contributed by atoms with Crippen molar-refractivity contribution in [3.8, 4) is 0 Å². The van der Waals surface area contributed by atoms with Crippen molar-refractivity contribution < 1.29 is 19.2 Å². The number of imide groups is 1. The maximum absolute atomic E-state index is 12.8. The average Bonchev–Trinajstić information content (AvgIpc) is 2.88. The number of anilines is 2. The summed E-state index contributed by atoms with van der Waals surface area (Å²) in [6.45, 7) is 2.61. The molecule has 2 aromatic carbocycles. The van der Waals surface area contributed by atoms with Gasteiger partial charge in [-0.25, -0.2) is 4.79 Å². The van der Waals surface area contributed by atoms with E-state index in [1.807, 2.05) is 6.07 Å². The van der Waals surface area contributed by atoms with Crippen molar-refractivity contribution in [1.29, 1.82) is 0 Å². The smallest absolute Gasteiger partial charge is 0.325 e. The first-order valence-corrected chi connectivity index (χ1v) is 8.67. The quantitative estimate of drug-likeness (QED) is 0.690. The molecule has 2 aromatic rings. The van der Waals surface area contributed by atoms with Crippen LogP contribution in [0.1, 0.15) is 19.4 Å². The molecule has 28 heavy (non-hydrogen) atoms. The first-order chi connectivity index (χ1) is 13.3. The first kappa shape index (κ1) is 19.1. The zero-order valence-electron chi connectivity index (χ0n) is 15.5. The minimum absolute atomic E-state index is 0.197. The van der Waals surface area contributed by atoms with Crippen molar-refractivity contribution in [2.24, 2.45) is 0 Å². The van der Waals surface area contributed by atoms with Gasteiger partial charge in [0.2, 0.25) is 11.8 Å². The Morgan fingerprint density at radius 1 is 0.964 bits per heavy atom. The van der Waals surface area contributed by atoms with E-state index in [2.05, 4.69) is 16.0 Å². The molecule has 0 spiro atoms. The first-order valence-electron chi connectivity index (χ1n) is 8.67. The summed E-state index contributed by atoms with van der Waals surface area (Å²) in [5, 5.41) is 7.91. The van der Waals surface area contributed by atoms with Crippen LogP contribution in [0.15, 0.2) is 54.6 Å². The van der Waals surface area contributed by atoms with E-state index >= 15 is 0 Å². The van der Waals surface area contributed by atoms with Crippen LogP contribution in [-0.4, -0.2) is 35.2 Å². The van der Waals surface area contributed by atoms with Gasteiger partial charge in [-0.05, 0) is 36.8 Å². The normalized spacial score (nSPS) is 18.6. The number of benzene rings is 2. The highest BCUT2D eigenvalue weighted by Crippen LogP contribution is 2.28. The van der Waals surface area contributed by atoms with Gasteiger partial charge in [-0.2, -0.15) is 0 Å². The van der Waals surface area contributed by atoms with E-state index in [-0.39, 0.29) is 5.91 Å². The minimum atomic E-state index is -1.21. The van der Waals surface area contributed by atoms with Gasteiger partial charge in [0.05, 0.1) is 0 Å². The third kappa shape index (κ3) is 3.85. The summed E-state index contributed by atoms with van der Waals surface area (Å²) in [5.41, 5.74) is 0.513. The molecule has 8 nitrogen and oxygen atoms in total. The topological polar surface area (TPSA) is 108 Å². The van der Waals surface area contributed by atoms with E-state index in [9.17, 15) is 19.2 Å². The summed E-state index contributed by atoms with van der Waals surface area (Å²) >= 11 is 0. The Hall–Kier alpha value is -3.68. The number of rotatable bonds is 5. The van der Waals surface area contributed by atoms with Crippen LogP contribution in [0.25, 0.3) is 0 Å². The summed E-state index contributed by atoms with van der Waals surface area (Å²) < 4.78 is 0. The lowest BCUT2D eigenvalue weighted by Crippen LogP contribution is -2.42. The fraction of sp³-hybridized carbons (Fsp3) is 0.200. The second-order valence-corrected chi connectivity index (χ2v) is 6.62. The number of carbonyl (C=O) groups is 4. The molecule has 0 unspecified atom stereocenters. The molecular formula is C20H20N4O4. The molecule has 8 heteroatoms. The molecule has 5 amide bonds. The van der Waals surface area contributed by atoms with E-state index in [4.69, 9.17) is 0 Å². The van der Waals surface area contributed by atoms with Crippen LogP contribution in [-0.2, 0) is 19.9 Å². The second kappa shape index (κ2) is 7.51. The molecule has 0 aromatic heterocycles. The van der Waals surface area contributed by atoms with Gasteiger partial charge in [-0.15, -0.1) is 0 Å². The van der Waals surface area contributed by atoms with Crippen LogP contribution in [0.3, 0.4) is 0 Å². The van der Waals surface area contributed by atoms with Gasteiger partial charge in [-0.1, -0.05) is 30.3 Å². The Balaban J connectivity index is 1.66. The highest BCUT2D eigenvalue weighted by atomic mass is 16.2. The Kier molecular flexibility index (Phi) is 5.12. The molecule has 1 atom stereocenters. The molecule has 144 valence electrons. The molecule has 0 bridgehead atoms. The lowest BCUT2D eigenvalue weighted by atomic mass is 9.92. The van der Waals surface area contributed by atoms with E-state index in [0.29, 0.717) is 16.9 Å². The van der Waals surface area contributed by atoms with Crippen LogP contribution >= 0.6 is 0 Å². The van der Waals surface area contributed by atoms with Crippen molar-refractivity contribution in [2.45, 2.75) is 19.4 Å². The molecule has 0 aliphatic carbocycles. The van der Waals surface area contributed by atoms with Crippen LogP contribution in [0.2, 0.25) is 0 Å². The molecule has 1 fully saturated rings. The Morgan fingerprint density at radius 3 is 2.11 bits per heavy atom. The summed E-state index contributed by atoms with van der Waals surface area (Å²) in [5.74, 6) is -1.19. The summed E-state index contributed by atoms with van der Waals surface area (Å²) in [7, 11) is 0. The number of hydrogen-bond acceptors (Lipinski definition) is 4. The molecule has 3 rings (SSSR count). The van der Waals surface area contributed by atoms with Crippen molar-refractivity contribution in [1.82, 2.24) is 10.2 Å². The van der Waals surface area contributed by atoms with Gasteiger partial charge in [-0.3, -0.25) is 19.3 Å². The molecule has 1 saturated heterocycles. The molecule has 0 radical (unpaired) electrons.